The normalized spacial score (nSPS) is 11.3. The molecule has 2 aromatic rings. The Hall–Kier alpha value is -2.48. The number of nitrogens with zero attached hydrogens (tertiary/aromatic N) is 2. The predicted molar refractivity (Wildman–Crippen MR) is 80.8 cm³/mol. The summed E-state index contributed by atoms with van der Waals surface area (Å²) in [5.74, 6) is -0.784. The van der Waals surface area contributed by atoms with Crippen LogP contribution in [0, 0.1) is 5.82 Å². The fraction of sp³-hybridized carbons (Fsp3) is 0.214. The smallest absolute Gasteiger partial charge is 0.314 e. The highest BCUT2D eigenvalue weighted by Crippen LogP contribution is 2.07. The second-order valence-electron chi connectivity index (χ2n) is 4.34. The quantitative estimate of drug-likeness (QED) is 0.884. The number of hydrogen-bond acceptors (Lipinski definition) is 3. The van der Waals surface area contributed by atoms with Gasteiger partial charge in [-0.2, -0.15) is 4.99 Å². The number of hydrogen-bond donors (Lipinski definition) is 2. The first-order valence-corrected chi connectivity index (χ1v) is 7.38. The van der Waals surface area contributed by atoms with Gasteiger partial charge in [-0.3, -0.25) is 4.79 Å². The zero-order chi connectivity index (χ0) is 15.9. The average Bonchev–Trinajstić information content (AvgIpc) is 2.94. The minimum atomic E-state index is -0.478. The topological polar surface area (TPSA) is 75.5 Å². The Balaban J connectivity index is 2.12. The van der Waals surface area contributed by atoms with E-state index < -0.39 is 11.9 Å². The zero-order valence-corrected chi connectivity index (χ0v) is 12.7. The third-order valence-corrected chi connectivity index (χ3v) is 3.60. The summed E-state index contributed by atoms with van der Waals surface area (Å²) < 4.78 is 15.3. The first-order chi connectivity index (χ1) is 10.6. The van der Waals surface area contributed by atoms with Gasteiger partial charge in [-0.15, -0.1) is 11.3 Å². The van der Waals surface area contributed by atoms with E-state index in [2.05, 4.69) is 15.6 Å². The molecule has 0 aliphatic heterocycles. The molecule has 0 radical (unpaired) electrons. The van der Waals surface area contributed by atoms with Crippen molar-refractivity contribution in [3.63, 3.8) is 0 Å². The summed E-state index contributed by atoms with van der Waals surface area (Å²) in [5, 5.41) is 6.47. The molecule has 116 valence electrons. The van der Waals surface area contributed by atoms with Gasteiger partial charge in [-0.1, -0.05) is 18.2 Å². The van der Waals surface area contributed by atoms with Gasteiger partial charge in [-0.25, -0.2) is 9.18 Å². The number of aromatic nitrogens is 1. The SMILES string of the molecule is CNC(=O)NCC(=O)N=c1sccn1Cc1ccccc1F. The van der Waals surface area contributed by atoms with E-state index in [1.54, 1.807) is 34.3 Å². The lowest BCUT2D eigenvalue weighted by molar-refractivity contribution is -0.117. The van der Waals surface area contributed by atoms with E-state index >= 15 is 0 Å². The van der Waals surface area contributed by atoms with E-state index in [1.807, 2.05) is 0 Å². The summed E-state index contributed by atoms with van der Waals surface area (Å²) in [6, 6.07) is 5.99. The van der Waals surface area contributed by atoms with Gasteiger partial charge in [0, 0.05) is 24.2 Å². The van der Waals surface area contributed by atoms with Crippen LogP contribution in [-0.2, 0) is 11.3 Å². The standard InChI is InChI=1S/C14H15FN4O2S/c1-16-13(21)17-8-12(20)18-14-19(6-7-22-14)9-10-4-2-3-5-11(10)15/h2-7H,8-9H2,1H3,(H2,16,17,21). The molecule has 2 N–H and O–H groups in total. The monoisotopic (exact) mass is 322 g/mol. The van der Waals surface area contributed by atoms with Crippen molar-refractivity contribution >= 4 is 23.3 Å². The number of carbonyl (C=O) groups is 2. The van der Waals surface area contributed by atoms with Gasteiger partial charge in [-0.05, 0) is 6.07 Å². The Labute approximate surface area is 130 Å². The van der Waals surface area contributed by atoms with Crippen LogP contribution in [0.4, 0.5) is 9.18 Å². The molecule has 0 aliphatic carbocycles. The molecule has 22 heavy (non-hydrogen) atoms. The fourth-order valence-electron chi connectivity index (χ4n) is 1.71. The number of thiazole rings is 1. The molecule has 0 atom stereocenters. The molecule has 0 unspecified atom stereocenters. The summed E-state index contributed by atoms with van der Waals surface area (Å²) in [7, 11) is 1.46. The lowest BCUT2D eigenvalue weighted by Gasteiger charge is -2.04. The highest BCUT2D eigenvalue weighted by atomic mass is 32.1. The number of benzene rings is 1. The Morgan fingerprint density at radius 2 is 2.14 bits per heavy atom. The average molecular weight is 322 g/mol. The van der Waals surface area contributed by atoms with Crippen molar-refractivity contribution < 1.29 is 14.0 Å². The summed E-state index contributed by atoms with van der Waals surface area (Å²) in [6.45, 7) is 0.0857. The third-order valence-electron chi connectivity index (χ3n) is 2.81. The van der Waals surface area contributed by atoms with Crippen LogP contribution in [0.5, 0.6) is 0 Å². The van der Waals surface area contributed by atoms with E-state index in [-0.39, 0.29) is 18.9 Å². The van der Waals surface area contributed by atoms with Crippen molar-refractivity contribution in [1.82, 2.24) is 15.2 Å². The highest BCUT2D eigenvalue weighted by molar-refractivity contribution is 7.07. The van der Waals surface area contributed by atoms with Crippen LogP contribution in [0.1, 0.15) is 5.56 Å². The molecule has 8 heteroatoms. The van der Waals surface area contributed by atoms with Crippen molar-refractivity contribution in [2.24, 2.45) is 4.99 Å². The molecular formula is C14H15FN4O2S. The van der Waals surface area contributed by atoms with Crippen LogP contribution in [0.2, 0.25) is 0 Å². The highest BCUT2D eigenvalue weighted by Gasteiger charge is 2.06. The Kier molecular flexibility index (Phi) is 5.42. The van der Waals surface area contributed by atoms with Gasteiger partial charge < -0.3 is 15.2 Å². The minimum Gasteiger partial charge on any atom is -0.341 e. The molecule has 1 aromatic heterocycles. The number of amides is 3. The van der Waals surface area contributed by atoms with Crippen molar-refractivity contribution in [2.45, 2.75) is 6.54 Å². The van der Waals surface area contributed by atoms with Crippen LogP contribution in [0.15, 0.2) is 40.8 Å². The maximum absolute atomic E-state index is 13.7. The number of carbonyl (C=O) groups excluding carboxylic acids is 2. The van der Waals surface area contributed by atoms with Crippen LogP contribution in [0.25, 0.3) is 0 Å². The van der Waals surface area contributed by atoms with E-state index in [0.717, 1.165) is 0 Å². The molecule has 0 bridgehead atoms. The molecule has 6 nitrogen and oxygen atoms in total. The summed E-state index contributed by atoms with van der Waals surface area (Å²) >= 11 is 1.27. The van der Waals surface area contributed by atoms with Crippen molar-refractivity contribution in [1.29, 1.82) is 0 Å². The van der Waals surface area contributed by atoms with Gasteiger partial charge in [0.1, 0.15) is 12.4 Å². The third kappa shape index (κ3) is 4.26. The first kappa shape index (κ1) is 15.9. The summed E-state index contributed by atoms with van der Waals surface area (Å²) in [4.78, 5) is 27.1. The van der Waals surface area contributed by atoms with Crippen LogP contribution < -0.4 is 15.4 Å². The van der Waals surface area contributed by atoms with Crippen molar-refractivity contribution in [3.8, 4) is 0 Å². The Morgan fingerprint density at radius 1 is 1.36 bits per heavy atom. The molecule has 2 rings (SSSR count). The van der Waals surface area contributed by atoms with Gasteiger partial charge in [0.2, 0.25) is 0 Å². The zero-order valence-electron chi connectivity index (χ0n) is 11.9. The molecular weight excluding hydrogens is 307 g/mol. The minimum absolute atomic E-state index is 0.197. The number of rotatable bonds is 4. The molecule has 0 fully saturated rings. The van der Waals surface area contributed by atoms with Gasteiger partial charge in [0.25, 0.3) is 5.91 Å². The maximum atomic E-state index is 13.7. The van der Waals surface area contributed by atoms with E-state index in [9.17, 15) is 14.0 Å². The Bertz CT molecular complexity index is 738. The number of halogens is 1. The molecule has 1 aromatic carbocycles. The lowest BCUT2D eigenvalue weighted by Crippen LogP contribution is -2.36. The van der Waals surface area contributed by atoms with Crippen LogP contribution >= 0.6 is 11.3 Å². The molecule has 0 saturated heterocycles. The second-order valence-corrected chi connectivity index (χ2v) is 5.22. The van der Waals surface area contributed by atoms with Gasteiger partial charge in [0.15, 0.2) is 4.80 Å². The Morgan fingerprint density at radius 3 is 2.86 bits per heavy atom. The van der Waals surface area contributed by atoms with E-state index in [0.29, 0.717) is 10.4 Å². The molecule has 1 heterocycles. The largest absolute Gasteiger partial charge is 0.341 e. The fourth-order valence-corrected chi connectivity index (χ4v) is 2.45. The molecule has 0 saturated carbocycles. The number of urea groups is 1. The number of nitrogens with one attached hydrogen (secondary N) is 2. The van der Waals surface area contributed by atoms with Crippen molar-refractivity contribution in [2.75, 3.05) is 13.6 Å². The maximum Gasteiger partial charge on any atom is 0.314 e. The van der Waals surface area contributed by atoms with Crippen LogP contribution in [0.3, 0.4) is 0 Å². The van der Waals surface area contributed by atoms with Gasteiger partial charge >= 0.3 is 6.03 Å². The molecule has 0 spiro atoms. The molecule has 3 amide bonds. The van der Waals surface area contributed by atoms with Crippen LogP contribution in [-0.4, -0.2) is 30.1 Å². The summed E-state index contributed by atoms with van der Waals surface area (Å²) in [6.07, 6.45) is 1.73. The van der Waals surface area contributed by atoms with E-state index in [1.165, 1.54) is 24.5 Å². The molecule has 0 aliphatic rings. The second kappa shape index (κ2) is 7.51. The summed E-state index contributed by atoms with van der Waals surface area (Å²) in [5.41, 5.74) is 0.512. The van der Waals surface area contributed by atoms with Crippen molar-refractivity contribution in [3.05, 3.63) is 52.0 Å². The lowest BCUT2D eigenvalue weighted by atomic mass is 10.2. The van der Waals surface area contributed by atoms with E-state index in [4.69, 9.17) is 0 Å². The predicted octanol–water partition coefficient (Wildman–Crippen LogP) is 1.09. The van der Waals surface area contributed by atoms with Gasteiger partial charge in [0.05, 0.1) is 6.54 Å². The first-order valence-electron chi connectivity index (χ1n) is 6.50.